The summed E-state index contributed by atoms with van der Waals surface area (Å²) in [5.41, 5.74) is 0.813. The Hall–Kier alpha value is -2.36. The molecule has 0 amide bonds. The first kappa shape index (κ1) is 13.1. The second-order valence-electron chi connectivity index (χ2n) is 4.00. The summed E-state index contributed by atoms with van der Waals surface area (Å²) in [5.74, 6) is -0.640. The Morgan fingerprint density at radius 3 is 2.63 bits per heavy atom. The van der Waals surface area contributed by atoms with Gasteiger partial charge in [-0.2, -0.15) is 0 Å². The Morgan fingerprint density at radius 1 is 1.32 bits per heavy atom. The first-order valence-corrected chi connectivity index (χ1v) is 6.00. The van der Waals surface area contributed by atoms with Crippen LogP contribution in [-0.4, -0.2) is 18.4 Å². The van der Waals surface area contributed by atoms with Crippen molar-refractivity contribution >= 4 is 17.8 Å². The summed E-state index contributed by atoms with van der Waals surface area (Å²) < 4.78 is 10.2. The molecule has 1 heterocycles. The highest BCUT2D eigenvalue weighted by molar-refractivity contribution is 6.26. The first-order valence-electron chi connectivity index (χ1n) is 6.00. The van der Waals surface area contributed by atoms with E-state index in [1.165, 1.54) is 0 Å². The molecule has 0 aromatic heterocycles. The van der Waals surface area contributed by atoms with E-state index in [4.69, 9.17) is 9.47 Å². The van der Waals surface area contributed by atoms with Crippen LogP contribution in [0.15, 0.2) is 47.4 Å². The average Bonchev–Trinajstić information content (AvgIpc) is 2.66. The van der Waals surface area contributed by atoms with Crippen LogP contribution < -0.4 is 0 Å². The van der Waals surface area contributed by atoms with Gasteiger partial charge >= 0.3 is 5.97 Å². The topological polar surface area (TPSA) is 52.6 Å². The minimum absolute atomic E-state index is 0.0240. The molecule has 98 valence electrons. The van der Waals surface area contributed by atoms with Gasteiger partial charge in [-0.15, -0.1) is 0 Å². The summed E-state index contributed by atoms with van der Waals surface area (Å²) in [4.78, 5) is 23.7. The number of benzene rings is 1. The molecule has 0 aliphatic carbocycles. The van der Waals surface area contributed by atoms with Gasteiger partial charge in [-0.1, -0.05) is 30.3 Å². The third kappa shape index (κ3) is 2.73. The molecule has 1 aromatic rings. The van der Waals surface area contributed by atoms with Crippen molar-refractivity contribution in [2.24, 2.45) is 0 Å². The number of hydrogen-bond donors (Lipinski definition) is 0. The van der Waals surface area contributed by atoms with Crippen LogP contribution in [0.3, 0.4) is 0 Å². The highest BCUT2D eigenvalue weighted by atomic mass is 16.5. The minimum atomic E-state index is -0.638. The van der Waals surface area contributed by atoms with E-state index in [0.717, 1.165) is 5.56 Å². The molecule has 0 saturated carbocycles. The Balaban J connectivity index is 2.25. The van der Waals surface area contributed by atoms with Gasteiger partial charge in [-0.25, -0.2) is 4.79 Å². The predicted molar refractivity (Wildman–Crippen MR) is 69.8 cm³/mol. The van der Waals surface area contributed by atoms with Crippen LogP contribution in [0.5, 0.6) is 0 Å². The van der Waals surface area contributed by atoms with Crippen molar-refractivity contribution in [2.45, 2.75) is 13.8 Å². The Bertz CT molecular complexity index is 567. The molecule has 0 radical (unpaired) electrons. The normalized spacial score (nSPS) is 16.7. The molecule has 1 aromatic carbocycles. The minimum Gasteiger partial charge on any atom is -0.462 e. The second-order valence-corrected chi connectivity index (χ2v) is 4.00. The Morgan fingerprint density at radius 2 is 2.00 bits per heavy atom. The molecule has 19 heavy (non-hydrogen) atoms. The highest BCUT2D eigenvalue weighted by Crippen LogP contribution is 2.26. The molecule has 4 nitrogen and oxygen atoms in total. The van der Waals surface area contributed by atoms with Crippen LogP contribution in [0.25, 0.3) is 6.08 Å². The quantitative estimate of drug-likeness (QED) is 0.475. The number of carbonyl (C=O) groups excluding carboxylic acids is 2. The maximum Gasteiger partial charge on any atom is 0.345 e. The number of allylic oxidation sites excluding steroid dienone is 2. The fourth-order valence-corrected chi connectivity index (χ4v) is 1.78. The van der Waals surface area contributed by atoms with Crippen LogP contribution in [0.4, 0.5) is 0 Å². The van der Waals surface area contributed by atoms with Crippen LogP contribution >= 0.6 is 0 Å². The lowest BCUT2D eigenvalue weighted by Gasteiger charge is -1.99. The molecule has 0 fully saturated rings. The third-order valence-corrected chi connectivity index (χ3v) is 2.64. The molecule has 0 spiro atoms. The van der Waals surface area contributed by atoms with Crippen LogP contribution in [0.1, 0.15) is 19.4 Å². The van der Waals surface area contributed by atoms with Gasteiger partial charge in [0.05, 0.1) is 6.61 Å². The second kappa shape index (κ2) is 5.52. The summed E-state index contributed by atoms with van der Waals surface area (Å²) in [6.07, 6.45) is 1.61. The number of hydrogen-bond acceptors (Lipinski definition) is 4. The van der Waals surface area contributed by atoms with E-state index in [1.54, 1.807) is 19.9 Å². The van der Waals surface area contributed by atoms with Gasteiger partial charge in [-0.05, 0) is 25.5 Å². The number of Topliss-reactive ketones (excluding diaryl/α,β-unsaturated/α-hetero) is 1. The van der Waals surface area contributed by atoms with Crippen molar-refractivity contribution < 1.29 is 19.1 Å². The van der Waals surface area contributed by atoms with Gasteiger partial charge in [0.2, 0.25) is 5.78 Å². The maximum absolute atomic E-state index is 12.1. The van der Waals surface area contributed by atoms with E-state index in [-0.39, 0.29) is 23.7 Å². The van der Waals surface area contributed by atoms with Crippen molar-refractivity contribution in [1.82, 2.24) is 0 Å². The number of esters is 1. The van der Waals surface area contributed by atoms with Crippen molar-refractivity contribution in [3.05, 3.63) is 53.0 Å². The lowest BCUT2D eigenvalue weighted by Crippen LogP contribution is -2.14. The molecule has 0 bridgehead atoms. The van der Waals surface area contributed by atoms with Gasteiger partial charge in [0.1, 0.15) is 11.3 Å². The van der Waals surface area contributed by atoms with E-state index in [0.29, 0.717) is 0 Å². The molecule has 2 rings (SSSR count). The van der Waals surface area contributed by atoms with Crippen LogP contribution in [0.2, 0.25) is 0 Å². The molecule has 0 atom stereocenters. The summed E-state index contributed by atoms with van der Waals surface area (Å²) in [7, 11) is 0. The average molecular weight is 258 g/mol. The molecule has 0 N–H and O–H groups in total. The van der Waals surface area contributed by atoms with Crippen molar-refractivity contribution in [2.75, 3.05) is 6.61 Å². The summed E-state index contributed by atoms with van der Waals surface area (Å²) >= 11 is 0. The van der Waals surface area contributed by atoms with Gasteiger partial charge < -0.3 is 9.47 Å². The molecular formula is C15H14O4. The number of ketones is 1. The summed E-state index contributed by atoms with van der Waals surface area (Å²) in [6, 6.07) is 9.30. The molecular weight excluding hydrogens is 244 g/mol. The fourth-order valence-electron chi connectivity index (χ4n) is 1.78. The van der Waals surface area contributed by atoms with Crippen molar-refractivity contribution in [3.8, 4) is 0 Å². The Labute approximate surface area is 111 Å². The van der Waals surface area contributed by atoms with Gasteiger partial charge in [0.25, 0.3) is 0 Å². The van der Waals surface area contributed by atoms with Crippen molar-refractivity contribution in [3.63, 3.8) is 0 Å². The highest BCUT2D eigenvalue weighted by Gasteiger charge is 2.34. The zero-order chi connectivity index (χ0) is 13.8. The lowest BCUT2D eigenvalue weighted by molar-refractivity contribution is -0.139. The fraction of sp³-hybridized carbons (Fsp3) is 0.200. The molecule has 0 unspecified atom stereocenters. The predicted octanol–water partition coefficient (Wildman–Crippen LogP) is 2.46. The summed E-state index contributed by atoms with van der Waals surface area (Å²) in [5, 5.41) is 0. The largest absolute Gasteiger partial charge is 0.462 e. The Kier molecular flexibility index (Phi) is 3.80. The van der Waals surface area contributed by atoms with Crippen LogP contribution in [-0.2, 0) is 19.1 Å². The van der Waals surface area contributed by atoms with E-state index >= 15 is 0 Å². The monoisotopic (exact) mass is 258 g/mol. The van der Waals surface area contributed by atoms with Crippen molar-refractivity contribution in [1.29, 1.82) is 0 Å². The number of carbonyl (C=O) groups is 2. The number of rotatable bonds is 3. The van der Waals surface area contributed by atoms with Gasteiger partial charge in [0.15, 0.2) is 5.76 Å². The molecule has 1 aliphatic rings. The molecule has 0 saturated heterocycles. The zero-order valence-corrected chi connectivity index (χ0v) is 10.8. The zero-order valence-electron chi connectivity index (χ0n) is 10.8. The number of ether oxygens (including phenoxy) is 2. The molecule has 4 heteroatoms. The van der Waals surface area contributed by atoms with E-state index in [9.17, 15) is 9.59 Å². The smallest absolute Gasteiger partial charge is 0.345 e. The van der Waals surface area contributed by atoms with E-state index in [2.05, 4.69) is 0 Å². The summed E-state index contributed by atoms with van der Waals surface area (Å²) in [6.45, 7) is 3.49. The standard InChI is InChI=1S/C15H14O4/c1-3-18-15(17)13-10(2)19-12(14(13)16)9-11-7-5-4-6-8-11/h4-9H,3H2,1-2H3/b12-9+. The van der Waals surface area contributed by atoms with Gasteiger partial charge in [-0.3, -0.25) is 4.79 Å². The first-order chi connectivity index (χ1) is 9.13. The third-order valence-electron chi connectivity index (χ3n) is 2.64. The van der Waals surface area contributed by atoms with Crippen LogP contribution in [0, 0.1) is 0 Å². The SMILES string of the molecule is CCOC(=O)C1=C(C)O/C(=C/c2ccccc2)C1=O. The lowest BCUT2D eigenvalue weighted by atomic mass is 10.1. The van der Waals surface area contributed by atoms with E-state index < -0.39 is 11.8 Å². The maximum atomic E-state index is 12.1. The van der Waals surface area contributed by atoms with E-state index in [1.807, 2.05) is 30.3 Å². The van der Waals surface area contributed by atoms with Gasteiger partial charge in [0, 0.05) is 0 Å². The molecule has 1 aliphatic heterocycles.